The van der Waals surface area contributed by atoms with Crippen LogP contribution in [0.3, 0.4) is 0 Å². The topological polar surface area (TPSA) is 35.6 Å². The summed E-state index contributed by atoms with van der Waals surface area (Å²) in [7, 11) is 0. The average Bonchev–Trinajstić information content (AvgIpc) is 3.08. The van der Waals surface area contributed by atoms with Gasteiger partial charge in [-0.1, -0.05) is 19.8 Å². The molecule has 1 saturated carbocycles. The molecule has 3 atom stereocenters. The summed E-state index contributed by atoms with van der Waals surface area (Å²) in [5, 5.41) is 3.58. The second kappa shape index (κ2) is 6.02. The fourth-order valence-electron chi connectivity index (χ4n) is 4.36. The lowest BCUT2D eigenvalue weighted by Gasteiger charge is -2.41. The summed E-state index contributed by atoms with van der Waals surface area (Å²) in [5.74, 6) is 1.02. The summed E-state index contributed by atoms with van der Waals surface area (Å²) in [6.07, 6.45) is 7.97. The molecule has 2 aliphatic heterocycles. The summed E-state index contributed by atoms with van der Waals surface area (Å²) in [6.45, 7) is 7.63. The molecule has 3 unspecified atom stereocenters. The van der Waals surface area contributed by atoms with Crippen molar-refractivity contribution in [2.75, 3.05) is 19.6 Å². The third-order valence-corrected chi connectivity index (χ3v) is 5.51. The van der Waals surface area contributed by atoms with Gasteiger partial charge in [0.1, 0.15) is 0 Å². The Labute approximate surface area is 122 Å². The smallest absolute Gasteiger partial charge is 0.241 e. The molecule has 1 N–H and O–H groups in total. The number of carbonyl (C=O) groups is 1. The Bertz CT molecular complexity index is 354. The lowest BCUT2D eigenvalue weighted by Crippen LogP contribution is -2.54. The number of nitrogens with zero attached hydrogens (tertiary/aromatic N) is 2. The van der Waals surface area contributed by atoms with E-state index in [-0.39, 0.29) is 6.04 Å². The van der Waals surface area contributed by atoms with E-state index < -0.39 is 0 Å². The molecule has 0 spiro atoms. The van der Waals surface area contributed by atoms with E-state index in [1.165, 1.54) is 45.1 Å². The van der Waals surface area contributed by atoms with Crippen molar-refractivity contribution in [3.8, 4) is 0 Å². The lowest BCUT2D eigenvalue weighted by molar-refractivity contribution is -0.134. The maximum Gasteiger partial charge on any atom is 0.241 e. The molecule has 114 valence electrons. The second-order valence-corrected chi connectivity index (χ2v) is 6.81. The first kappa shape index (κ1) is 14.3. The lowest BCUT2D eigenvalue weighted by atomic mass is 9.99. The molecule has 0 radical (unpaired) electrons. The van der Waals surface area contributed by atoms with E-state index in [0.29, 0.717) is 24.0 Å². The van der Waals surface area contributed by atoms with E-state index in [1.54, 1.807) is 0 Å². The van der Waals surface area contributed by atoms with E-state index >= 15 is 0 Å². The maximum absolute atomic E-state index is 12.6. The molecular formula is C16H29N3O. The second-order valence-electron chi connectivity index (χ2n) is 6.81. The minimum absolute atomic E-state index is 0.0117. The van der Waals surface area contributed by atoms with E-state index in [4.69, 9.17) is 0 Å². The molecule has 0 aromatic heterocycles. The van der Waals surface area contributed by atoms with Gasteiger partial charge in [0.25, 0.3) is 0 Å². The molecule has 4 nitrogen and oxygen atoms in total. The van der Waals surface area contributed by atoms with Crippen LogP contribution in [-0.2, 0) is 4.79 Å². The molecule has 0 aromatic carbocycles. The van der Waals surface area contributed by atoms with Crippen LogP contribution in [0.1, 0.15) is 52.4 Å². The van der Waals surface area contributed by atoms with Crippen LogP contribution in [0.2, 0.25) is 0 Å². The Morgan fingerprint density at radius 2 is 1.95 bits per heavy atom. The van der Waals surface area contributed by atoms with Crippen LogP contribution in [0.15, 0.2) is 0 Å². The SMILES string of the molecule is CCN1CCCC(N2C(=O)C(C)NC2C2CCCC2)C1. The number of amides is 1. The first-order valence-electron chi connectivity index (χ1n) is 8.51. The van der Waals surface area contributed by atoms with Gasteiger partial charge in [0.05, 0.1) is 12.2 Å². The Hall–Kier alpha value is -0.610. The van der Waals surface area contributed by atoms with Gasteiger partial charge in [0, 0.05) is 12.6 Å². The van der Waals surface area contributed by atoms with Crippen molar-refractivity contribution in [1.82, 2.24) is 15.1 Å². The van der Waals surface area contributed by atoms with Gasteiger partial charge in [-0.05, 0) is 51.6 Å². The average molecular weight is 279 g/mol. The number of nitrogens with one attached hydrogen (secondary N) is 1. The predicted molar refractivity (Wildman–Crippen MR) is 80.3 cm³/mol. The number of hydrogen-bond donors (Lipinski definition) is 1. The van der Waals surface area contributed by atoms with Crippen molar-refractivity contribution in [3.63, 3.8) is 0 Å². The van der Waals surface area contributed by atoms with E-state index in [9.17, 15) is 4.79 Å². The van der Waals surface area contributed by atoms with Crippen LogP contribution in [0.4, 0.5) is 0 Å². The molecule has 3 aliphatic rings. The van der Waals surface area contributed by atoms with Gasteiger partial charge in [-0.3, -0.25) is 10.1 Å². The molecule has 0 aromatic rings. The highest BCUT2D eigenvalue weighted by Gasteiger charge is 2.45. The first-order valence-corrected chi connectivity index (χ1v) is 8.51. The Morgan fingerprint density at radius 3 is 2.65 bits per heavy atom. The zero-order chi connectivity index (χ0) is 14.1. The Morgan fingerprint density at radius 1 is 1.20 bits per heavy atom. The van der Waals surface area contributed by atoms with Gasteiger partial charge < -0.3 is 9.80 Å². The van der Waals surface area contributed by atoms with Crippen LogP contribution >= 0.6 is 0 Å². The minimum atomic E-state index is 0.0117. The highest BCUT2D eigenvalue weighted by Crippen LogP contribution is 2.34. The molecule has 2 heterocycles. The normalized spacial score (nSPS) is 37.0. The van der Waals surface area contributed by atoms with Gasteiger partial charge in [0.2, 0.25) is 5.91 Å². The monoisotopic (exact) mass is 279 g/mol. The Balaban J connectivity index is 1.74. The molecule has 4 heteroatoms. The van der Waals surface area contributed by atoms with Crippen molar-refractivity contribution in [2.45, 2.75) is 70.6 Å². The van der Waals surface area contributed by atoms with Crippen molar-refractivity contribution >= 4 is 5.91 Å². The van der Waals surface area contributed by atoms with E-state index in [2.05, 4.69) is 22.0 Å². The highest BCUT2D eigenvalue weighted by atomic mass is 16.2. The van der Waals surface area contributed by atoms with Crippen molar-refractivity contribution < 1.29 is 4.79 Å². The third-order valence-electron chi connectivity index (χ3n) is 5.51. The summed E-state index contributed by atoms with van der Waals surface area (Å²) >= 11 is 0. The van der Waals surface area contributed by atoms with Crippen LogP contribution in [0, 0.1) is 5.92 Å². The molecule has 3 fully saturated rings. The number of likely N-dealkylation sites (N-methyl/N-ethyl adjacent to an activating group) is 1. The molecule has 3 rings (SSSR count). The largest absolute Gasteiger partial charge is 0.321 e. The summed E-state index contributed by atoms with van der Waals surface area (Å²) in [4.78, 5) is 17.3. The quantitative estimate of drug-likeness (QED) is 0.856. The number of carbonyl (C=O) groups excluding carboxylic acids is 1. The third kappa shape index (κ3) is 2.60. The Kier molecular flexibility index (Phi) is 4.32. The first-order chi connectivity index (χ1) is 9.70. The predicted octanol–water partition coefficient (Wildman–Crippen LogP) is 1.81. The van der Waals surface area contributed by atoms with Crippen LogP contribution in [0.25, 0.3) is 0 Å². The molecule has 0 bridgehead atoms. The number of rotatable bonds is 3. The molecule has 20 heavy (non-hydrogen) atoms. The van der Waals surface area contributed by atoms with Crippen LogP contribution < -0.4 is 5.32 Å². The number of likely N-dealkylation sites (tertiary alicyclic amines) is 1. The van der Waals surface area contributed by atoms with Gasteiger partial charge in [-0.25, -0.2) is 0 Å². The van der Waals surface area contributed by atoms with Crippen LogP contribution in [0.5, 0.6) is 0 Å². The van der Waals surface area contributed by atoms with Gasteiger partial charge >= 0.3 is 0 Å². The van der Waals surface area contributed by atoms with Crippen LogP contribution in [-0.4, -0.2) is 53.6 Å². The summed E-state index contributed by atoms with van der Waals surface area (Å²) < 4.78 is 0. The molecule has 2 saturated heterocycles. The van der Waals surface area contributed by atoms with Gasteiger partial charge in [0.15, 0.2) is 0 Å². The van der Waals surface area contributed by atoms with E-state index in [0.717, 1.165) is 13.1 Å². The van der Waals surface area contributed by atoms with Crippen molar-refractivity contribution in [1.29, 1.82) is 0 Å². The fourth-order valence-corrected chi connectivity index (χ4v) is 4.36. The summed E-state index contributed by atoms with van der Waals surface area (Å²) in [6, 6.07) is 0.442. The standard InChI is InChI=1S/C16H29N3O/c1-3-18-10-6-9-14(11-18)19-15(13-7-4-5-8-13)17-12(2)16(19)20/h12-15,17H,3-11H2,1-2H3. The fraction of sp³-hybridized carbons (Fsp3) is 0.938. The zero-order valence-corrected chi connectivity index (χ0v) is 13.0. The maximum atomic E-state index is 12.6. The molecular weight excluding hydrogens is 250 g/mol. The zero-order valence-electron chi connectivity index (χ0n) is 13.0. The summed E-state index contributed by atoms with van der Waals surface area (Å²) in [5.41, 5.74) is 0. The van der Waals surface area contributed by atoms with Crippen molar-refractivity contribution in [3.05, 3.63) is 0 Å². The van der Waals surface area contributed by atoms with Crippen molar-refractivity contribution in [2.24, 2.45) is 5.92 Å². The molecule has 1 amide bonds. The van der Waals surface area contributed by atoms with Gasteiger partial charge in [-0.2, -0.15) is 0 Å². The highest BCUT2D eigenvalue weighted by molar-refractivity contribution is 5.84. The van der Waals surface area contributed by atoms with E-state index in [1.807, 2.05) is 6.92 Å². The number of piperidine rings is 1. The number of hydrogen-bond acceptors (Lipinski definition) is 3. The minimum Gasteiger partial charge on any atom is -0.321 e. The van der Waals surface area contributed by atoms with Gasteiger partial charge in [-0.15, -0.1) is 0 Å². The molecule has 1 aliphatic carbocycles.